The Morgan fingerprint density at radius 2 is 1.94 bits per heavy atom. The van der Waals surface area contributed by atoms with Crippen molar-refractivity contribution >= 4 is 11.4 Å². The van der Waals surface area contributed by atoms with E-state index in [0.29, 0.717) is 5.92 Å². The van der Waals surface area contributed by atoms with Gasteiger partial charge in [-0.1, -0.05) is 19.1 Å². The van der Waals surface area contributed by atoms with Crippen molar-refractivity contribution < 1.29 is 9.29 Å². The van der Waals surface area contributed by atoms with E-state index in [1.54, 1.807) is 0 Å². The Balaban J connectivity index is 1.95. The SMILES string of the molecule is CCCN[S+]([O-])c1ccc(C2CCOCC2)cc1. The maximum atomic E-state index is 11.9. The molecule has 100 valence electrons. The zero-order chi connectivity index (χ0) is 12.8. The molecule has 0 aromatic heterocycles. The zero-order valence-corrected chi connectivity index (χ0v) is 11.7. The third-order valence-corrected chi connectivity index (χ3v) is 4.44. The molecule has 1 aliphatic heterocycles. The molecule has 3 nitrogen and oxygen atoms in total. The lowest BCUT2D eigenvalue weighted by Gasteiger charge is -2.22. The summed E-state index contributed by atoms with van der Waals surface area (Å²) in [7, 11) is 0. The van der Waals surface area contributed by atoms with E-state index in [9.17, 15) is 4.55 Å². The van der Waals surface area contributed by atoms with Crippen molar-refractivity contribution in [1.29, 1.82) is 0 Å². The van der Waals surface area contributed by atoms with Crippen LogP contribution in [0.5, 0.6) is 0 Å². The quantitative estimate of drug-likeness (QED) is 0.834. The summed E-state index contributed by atoms with van der Waals surface area (Å²) in [6.45, 7) is 4.57. The molecule has 1 atom stereocenters. The van der Waals surface area contributed by atoms with Crippen LogP contribution in [0.2, 0.25) is 0 Å². The van der Waals surface area contributed by atoms with Crippen molar-refractivity contribution in [3.8, 4) is 0 Å². The minimum atomic E-state index is -1.07. The van der Waals surface area contributed by atoms with E-state index >= 15 is 0 Å². The van der Waals surface area contributed by atoms with E-state index in [-0.39, 0.29) is 0 Å². The highest BCUT2D eigenvalue weighted by atomic mass is 32.2. The second-order valence-corrected chi connectivity index (χ2v) is 5.92. The Labute approximate surface area is 112 Å². The van der Waals surface area contributed by atoms with Gasteiger partial charge < -0.3 is 9.29 Å². The lowest BCUT2D eigenvalue weighted by molar-refractivity contribution is 0.0853. The Kier molecular flexibility index (Phi) is 5.50. The second-order valence-electron chi connectivity index (χ2n) is 4.62. The molecule has 0 radical (unpaired) electrons. The molecular formula is C14H21NO2S. The fourth-order valence-electron chi connectivity index (χ4n) is 2.17. The van der Waals surface area contributed by atoms with E-state index in [2.05, 4.69) is 23.8 Å². The molecule has 0 bridgehead atoms. The minimum Gasteiger partial charge on any atom is -0.593 e. The van der Waals surface area contributed by atoms with Gasteiger partial charge in [-0.25, -0.2) is 0 Å². The van der Waals surface area contributed by atoms with Gasteiger partial charge in [-0.15, -0.1) is 4.72 Å². The molecular weight excluding hydrogens is 246 g/mol. The van der Waals surface area contributed by atoms with Gasteiger partial charge in [-0.3, -0.25) is 0 Å². The normalized spacial score (nSPS) is 18.8. The fourth-order valence-corrected chi connectivity index (χ4v) is 3.11. The Hall–Kier alpha value is -0.550. The van der Waals surface area contributed by atoms with Gasteiger partial charge in [0.05, 0.1) is 11.4 Å². The highest BCUT2D eigenvalue weighted by Crippen LogP contribution is 2.27. The Morgan fingerprint density at radius 1 is 1.28 bits per heavy atom. The number of hydrogen-bond donors (Lipinski definition) is 1. The smallest absolute Gasteiger partial charge is 0.173 e. The second kappa shape index (κ2) is 7.14. The Morgan fingerprint density at radius 3 is 2.56 bits per heavy atom. The van der Waals surface area contributed by atoms with Gasteiger partial charge in [0, 0.05) is 19.8 Å². The molecule has 1 aromatic rings. The fraction of sp³-hybridized carbons (Fsp3) is 0.571. The predicted octanol–water partition coefficient (Wildman–Crippen LogP) is 2.60. The van der Waals surface area contributed by atoms with Crippen LogP contribution in [-0.4, -0.2) is 24.3 Å². The molecule has 1 N–H and O–H groups in total. The van der Waals surface area contributed by atoms with Crippen molar-refractivity contribution in [2.45, 2.75) is 37.0 Å². The molecule has 0 spiro atoms. The molecule has 0 saturated carbocycles. The lowest BCUT2D eigenvalue weighted by atomic mass is 9.92. The Bertz CT molecular complexity index is 349. The summed E-state index contributed by atoms with van der Waals surface area (Å²) in [6, 6.07) is 8.17. The first-order chi connectivity index (χ1) is 8.81. The van der Waals surface area contributed by atoms with Crippen molar-refractivity contribution in [3.05, 3.63) is 29.8 Å². The van der Waals surface area contributed by atoms with Crippen LogP contribution in [0.25, 0.3) is 0 Å². The van der Waals surface area contributed by atoms with Crippen molar-refractivity contribution in [3.63, 3.8) is 0 Å². The minimum absolute atomic E-state index is 0.602. The summed E-state index contributed by atoms with van der Waals surface area (Å²) in [4.78, 5) is 0.860. The first kappa shape index (κ1) is 13.9. The topological polar surface area (TPSA) is 44.3 Å². The van der Waals surface area contributed by atoms with Crippen LogP contribution in [0.15, 0.2) is 29.2 Å². The molecule has 1 aromatic carbocycles. The molecule has 2 rings (SSSR count). The van der Waals surface area contributed by atoms with Gasteiger partial charge in [-0.2, -0.15) is 0 Å². The van der Waals surface area contributed by atoms with Crippen LogP contribution in [-0.2, 0) is 16.1 Å². The van der Waals surface area contributed by atoms with Crippen molar-refractivity contribution in [1.82, 2.24) is 4.72 Å². The number of ether oxygens (including phenoxy) is 1. The van der Waals surface area contributed by atoms with Crippen LogP contribution in [0.4, 0.5) is 0 Å². The number of nitrogens with one attached hydrogen (secondary N) is 1. The van der Waals surface area contributed by atoms with Crippen LogP contribution >= 0.6 is 0 Å². The first-order valence-corrected chi connectivity index (χ1v) is 7.79. The summed E-state index contributed by atoms with van der Waals surface area (Å²) in [6.07, 6.45) is 3.18. The van der Waals surface area contributed by atoms with Crippen LogP contribution in [0.1, 0.15) is 37.7 Å². The van der Waals surface area contributed by atoms with Crippen molar-refractivity contribution in [2.24, 2.45) is 0 Å². The van der Waals surface area contributed by atoms with Crippen LogP contribution in [0, 0.1) is 0 Å². The lowest BCUT2D eigenvalue weighted by Crippen LogP contribution is -2.24. The van der Waals surface area contributed by atoms with Gasteiger partial charge in [-0.05, 0) is 42.9 Å². The monoisotopic (exact) mass is 267 g/mol. The molecule has 1 unspecified atom stereocenters. The van der Waals surface area contributed by atoms with Gasteiger partial charge in [0.25, 0.3) is 0 Å². The van der Waals surface area contributed by atoms with E-state index in [0.717, 1.165) is 43.9 Å². The molecule has 1 heterocycles. The van der Waals surface area contributed by atoms with Gasteiger partial charge >= 0.3 is 0 Å². The van der Waals surface area contributed by atoms with Gasteiger partial charge in [0.2, 0.25) is 0 Å². The molecule has 18 heavy (non-hydrogen) atoms. The summed E-state index contributed by atoms with van der Waals surface area (Å²) in [5.41, 5.74) is 1.34. The maximum Gasteiger partial charge on any atom is 0.173 e. The standard InChI is InChI=1S/C14H21NO2S/c1-2-9-15-18(16)14-5-3-12(4-6-14)13-7-10-17-11-8-13/h3-6,13,15H,2,7-11H2,1H3. The highest BCUT2D eigenvalue weighted by molar-refractivity contribution is 7.89. The maximum absolute atomic E-state index is 11.9. The average Bonchev–Trinajstić information content (AvgIpc) is 2.46. The van der Waals surface area contributed by atoms with E-state index in [4.69, 9.17) is 4.74 Å². The van der Waals surface area contributed by atoms with E-state index in [1.165, 1.54) is 5.56 Å². The third-order valence-electron chi connectivity index (χ3n) is 3.27. The van der Waals surface area contributed by atoms with Gasteiger partial charge in [0.1, 0.15) is 0 Å². The summed E-state index contributed by atoms with van der Waals surface area (Å²) >= 11 is -1.07. The number of benzene rings is 1. The molecule has 1 fully saturated rings. The number of rotatable bonds is 5. The van der Waals surface area contributed by atoms with Gasteiger partial charge in [0.15, 0.2) is 4.90 Å². The van der Waals surface area contributed by atoms with Crippen molar-refractivity contribution in [2.75, 3.05) is 19.8 Å². The zero-order valence-electron chi connectivity index (χ0n) is 10.9. The predicted molar refractivity (Wildman–Crippen MR) is 73.9 cm³/mol. The van der Waals surface area contributed by atoms with E-state index in [1.807, 2.05) is 12.1 Å². The van der Waals surface area contributed by atoms with Crippen LogP contribution < -0.4 is 4.72 Å². The first-order valence-electron chi connectivity index (χ1n) is 6.64. The largest absolute Gasteiger partial charge is 0.593 e. The average molecular weight is 267 g/mol. The van der Waals surface area contributed by atoms with E-state index < -0.39 is 11.4 Å². The summed E-state index contributed by atoms with van der Waals surface area (Å²) < 4.78 is 20.2. The number of hydrogen-bond acceptors (Lipinski definition) is 3. The summed E-state index contributed by atoms with van der Waals surface area (Å²) in [5, 5.41) is 0. The molecule has 1 saturated heterocycles. The summed E-state index contributed by atoms with van der Waals surface area (Å²) in [5.74, 6) is 0.602. The molecule has 1 aliphatic rings. The molecule has 0 aliphatic carbocycles. The highest BCUT2D eigenvalue weighted by Gasteiger charge is 2.17. The van der Waals surface area contributed by atoms with Crippen LogP contribution in [0.3, 0.4) is 0 Å². The molecule has 0 amide bonds. The third kappa shape index (κ3) is 3.72. The molecule has 4 heteroatoms.